The van der Waals surface area contributed by atoms with Crippen LogP contribution in [0.4, 0.5) is 0 Å². The molecule has 3 aliphatic heterocycles. The van der Waals surface area contributed by atoms with Crippen molar-refractivity contribution in [1.82, 2.24) is 15.5 Å². The normalized spacial score (nSPS) is 26.4. The Hall–Kier alpha value is -2.49. The second-order valence-electron chi connectivity index (χ2n) is 10.6. The first-order valence-electron chi connectivity index (χ1n) is 14.3. The molecule has 3 atom stereocenters. The number of rotatable bonds is 6. The number of benzene rings is 1. The average Bonchev–Trinajstić information content (AvgIpc) is 3.46. The summed E-state index contributed by atoms with van der Waals surface area (Å²) in [5, 5.41) is 5.99. The summed E-state index contributed by atoms with van der Waals surface area (Å²) in [5.74, 6) is -0.0213. The molecule has 3 aliphatic rings. The van der Waals surface area contributed by atoms with Gasteiger partial charge in [-0.3, -0.25) is 19.3 Å². The van der Waals surface area contributed by atoms with Gasteiger partial charge in [0.1, 0.15) is 17.6 Å². The van der Waals surface area contributed by atoms with Crippen LogP contribution in [0.5, 0.6) is 5.75 Å². The number of carbonyl (C=O) groups excluding carboxylic acids is 3. The lowest BCUT2D eigenvalue weighted by atomic mass is 9.93. The van der Waals surface area contributed by atoms with Gasteiger partial charge in [-0.2, -0.15) is 0 Å². The molecule has 2 N–H and O–H groups in total. The van der Waals surface area contributed by atoms with Crippen molar-refractivity contribution in [2.75, 3.05) is 52.6 Å². The van der Waals surface area contributed by atoms with Crippen molar-refractivity contribution >= 4 is 17.6 Å². The van der Waals surface area contributed by atoms with E-state index >= 15 is 0 Å². The molecule has 2 saturated heterocycles. The van der Waals surface area contributed by atoms with Crippen LogP contribution < -0.4 is 15.4 Å². The van der Waals surface area contributed by atoms with Crippen LogP contribution in [0.15, 0.2) is 24.3 Å². The van der Waals surface area contributed by atoms with Crippen molar-refractivity contribution < 1.29 is 28.6 Å². The standard InChI is InChI=1S/C29H43N3O6/c33-24-10-9-22-5-3-6-25(19-22)37-15-2-1-8-27(29(35)30-21-26-7-4-16-38-26)31-28(34)23(20-24)11-12-32-13-17-36-18-14-32/h3,5-6,19,23,26-27H,1-2,4,7-18,20-21H2,(H,30,35)(H,31,34)/t23-,26-,27+/m1/s1. The zero-order chi connectivity index (χ0) is 26.6. The molecule has 3 heterocycles. The molecule has 2 bridgehead atoms. The molecule has 0 spiro atoms. The predicted octanol–water partition coefficient (Wildman–Crippen LogP) is 2.26. The fourth-order valence-electron chi connectivity index (χ4n) is 5.28. The minimum absolute atomic E-state index is 0.0314. The quantitative estimate of drug-likeness (QED) is 0.582. The Balaban J connectivity index is 1.44. The molecule has 2 amide bonds. The minimum atomic E-state index is -0.652. The summed E-state index contributed by atoms with van der Waals surface area (Å²) < 4.78 is 17.0. The third-order valence-electron chi connectivity index (χ3n) is 7.65. The van der Waals surface area contributed by atoms with E-state index in [2.05, 4.69) is 15.5 Å². The van der Waals surface area contributed by atoms with Gasteiger partial charge >= 0.3 is 0 Å². The van der Waals surface area contributed by atoms with Crippen LogP contribution >= 0.6 is 0 Å². The monoisotopic (exact) mass is 529 g/mol. The fraction of sp³-hybridized carbons (Fsp3) is 0.690. The largest absolute Gasteiger partial charge is 0.494 e. The summed E-state index contributed by atoms with van der Waals surface area (Å²) in [6, 6.07) is 7.22. The Kier molecular flexibility index (Phi) is 11.4. The van der Waals surface area contributed by atoms with Crippen molar-refractivity contribution in [2.45, 2.75) is 69.9 Å². The highest BCUT2D eigenvalue weighted by Gasteiger charge is 2.28. The van der Waals surface area contributed by atoms with Gasteiger partial charge in [0.15, 0.2) is 0 Å². The van der Waals surface area contributed by atoms with Gasteiger partial charge in [0, 0.05) is 45.0 Å². The molecule has 0 unspecified atom stereocenters. The van der Waals surface area contributed by atoms with E-state index in [1.165, 1.54) is 0 Å². The molecule has 9 nitrogen and oxygen atoms in total. The lowest BCUT2D eigenvalue weighted by Gasteiger charge is -2.28. The van der Waals surface area contributed by atoms with Crippen LogP contribution in [0.25, 0.3) is 0 Å². The number of aryl methyl sites for hydroxylation is 1. The lowest BCUT2D eigenvalue weighted by molar-refractivity contribution is -0.133. The van der Waals surface area contributed by atoms with Crippen LogP contribution in [-0.4, -0.2) is 87.2 Å². The van der Waals surface area contributed by atoms with Gasteiger partial charge in [-0.05, 0) is 69.2 Å². The number of ketones is 1. The van der Waals surface area contributed by atoms with E-state index in [9.17, 15) is 14.4 Å². The second kappa shape index (κ2) is 15.2. The van der Waals surface area contributed by atoms with E-state index in [1.54, 1.807) is 0 Å². The molecule has 2 fully saturated rings. The number of carbonyl (C=O) groups is 3. The van der Waals surface area contributed by atoms with Crippen molar-refractivity contribution in [3.8, 4) is 5.75 Å². The number of ether oxygens (including phenoxy) is 3. The van der Waals surface area contributed by atoms with Gasteiger partial charge in [0.05, 0.1) is 25.9 Å². The third kappa shape index (κ3) is 9.36. The summed E-state index contributed by atoms with van der Waals surface area (Å²) in [6.07, 6.45) is 5.72. The first-order valence-corrected chi connectivity index (χ1v) is 14.3. The summed E-state index contributed by atoms with van der Waals surface area (Å²) in [5.41, 5.74) is 1.06. The number of amides is 2. The molecule has 210 valence electrons. The van der Waals surface area contributed by atoms with Gasteiger partial charge in [-0.15, -0.1) is 0 Å². The third-order valence-corrected chi connectivity index (χ3v) is 7.65. The van der Waals surface area contributed by atoms with Crippen LogP contribution in [0.1, 0.15) is 56.9 Å². The van der Waals surface area contributed by atoms with Gasteiger partial charge in [-0.1, -0.05) is 12.1 Å². The number of morpholine rings is 1. The summed E-state index contributed by atoms with van der Waals surface area (Å²) in [7, 11) is 0. The molecule has 9 heteroatoms. The molecule has 0 aromatic heterocycles. The molecule has 38 heavy (non-hydrogen) atoms. The molecule has 1 aromatic carbocycles. The van der Waals surface area contributed by atoms with Gasteiger partial charge < -0.3 is 24.8 Å². The van der Waals surface area contributed by atoms with Crippen molar-refractivity contribution in [1.29, 1.82) is 0 Å². The van der Waals surface area contributed by atoms with Gasteiger partial charge in [0.2, 0.25) is 11.8 Å². The minimum Gasteiger partial charge on any atom is -0.494 e. The summed E-state index contributed by atoms with van der Waals surface area (Å²) in [4.78, 5) is 41.9. The van der Waals surface area contributed by atoms with Crippen molar-refractivity contribution in [3.63, 3.8) is 0 Å². The lowest BCUT2D eigenvalue weighted by Crippen LogP contribution is -2.50. The first-order chi connectivity index (χ1) is 18.6. The van der Waals surface area contributed by atoms with Gasteiger partial charge in [0.25, 0.3) is 0 Å². The first kappa shape index (κ1) is 28.5. The number of nitrogens with zero attached hydrogens (tertiary/aromatic N) is 1. The maximum absolute atomic E-state index is 13.5. The molecule has 4 rings (SSSR count). The van der Waals surface area contributed by atoms with Crippen LogP contribution in [0.3, 0.4) is 0 Å². The number of hydrogen-bond donors (Lipinski definition) is 2. The maximum Gasteiger partial charge on any atom is 0.242 e. The smallest absolute Gasteiger partial charge is 0.242 e. The fourth-order valence-corrected chi connectivity index (χ4v) is 5.28. The molecule has 0 saturated carbocycles. The van der Waals surface area contributed by atoms with E-state index in [0.717, 1.165) is 63.2 Å². The Bertz CT molecular complexity index is 913. The second-order valence-corrected chi connectivity index (χ2v) is 10.6. The Morgan fingerprint density at radius 2 is 1.89 bits per heavy atom. The van der Waals surface area contributed by atoms with E-state index in [0.29, 0.717) is 52.0 Å². The number of Topliss-reactive ketones (excluding diaryl/α,β-unsaturated/α-hetero) is 1. The number of fused-ring (bicyclic) bond motifs is 2. The highest BCUT2D eigenvalue weighted by atomic mass is 16.5. The van der Waals surface area contributed by atoms with Crippen molar-refractivity contribution in [2.24, 2.45) is 5.92 Å². The van der Waals surface area contributed by atoms with Crippen LogP contribution in [0.2, 0.25) is 0 Å². The topological polar surface area (TPSA) is 106 Å². The highest BCUT2D eigenvalue weighted by molar-refractivity contribution is 5.91. The Labute approximate surface area is 225 Å². The van der Waals surface area contributed by atoms with Crippen molar-refractivity contribution in [3.05, 3.63) is 29.8 Å². The SMILES string of the molecule is O=C1CCc2cccc(c2)OCCCC[C@@H](C(=O)NC[C@H]2CCCO2)NC(=O)[C@H](CCN2CCOCC2)C1. The molecular formula is C29H43N3O6. The zero-order valence-electron chi connectivity index (χ0n) is 22.5. The van der Waals surface area contributed by atoms with E-state index in [4.69, 9.17) is 14.2 Å². The van der Waals surface area contributed by atoms with E-state index < -0.39 is 12.0 Å². The average molecular weight is 530 g/mol. The summed E-state index contributed by atoms with van der Waals surface area (Å²) in [6.45, 7) is 5.46. The Morgan fingerprint density at radius 1 is 1.03 bits per heavy atom. The molecule has 0 radical (unpaired) electrons. The predicted molar refractivity (Wildman–Crippen MR) is 143 cm³/mol. The van der Waals surface area contributed by atoms with E-state index in [-0.39, 0.29) is 30.1 Å². The Morgan fingerprint density at radius 3 is 2.71 bits per heavy atom. The number of hydrogen-bond acceptors (Lipinski definition) is 7. The summed E-state index contributed by atoms with van der Waals surface area (Å²) >= 11 is 0. The highest BCUT2D eigenvalue weighted by Crippen LogP contribution is 2.19. The number of nitrogens with one attached hydrogen (secondary N) is 2. The van der Waals surface area contributed by atoms with E-state index in [1.807, 2.05) is 24.3 Å². The zero-order valence-corrected chi connectivity index (χ0v) is 22.5. The maximum atomic E-state index is 13.5. The molecule has 0 aliphatic carbocycles. The van der Waals surface area contributed by atoms with Gasteiger partial charge in [-0.25, -0.2) is 0 Å². The molecule has 1 aromatic rings. The molecular weight excluding hydrogens is 486 g/mol. The van der Waals surface area contributed by atoms with Crippen LogP contribution in [0, 0.1) is 5.92 Å². The van der Waals surface area contributed by atoms with Crippen LogP contribution in [-0.2, 0) is 30.3 Å².